The highest BCUT2D eigenvalue weighted by molar-refractivity contribution is 7.13. The van der Waals surface area contributed by atoms with Gasteiger partial charge in [0.15, 0.2) is 0 Å². The van der Waals surface area contributed by atoms with Crippen LogP contribution in [0.3, 0.4) is 0 Å². The largest absolute Gasteiger partial charge is 0.339 e. The topological polar surface area (TPSA) is 68.0 Å². The molecule has 2 aromatic heterocycles. The lowest BCUT2D eigenvalue weighted by molar-refractivity contribution is -0.117. The van der Waals surface area contributed by atoms with Gasteiger partial charge in [-0.05, 0) is 41.8 Å². The summed E-state index contributed by atoms with van der Waals surface area (Å²) in [6, 6.07) is 11.8. The number of nitrogens with one attached hydrogen (secondary N) is 1. The average Bonchev–Trinajstić information content (AvgIpc) is 3.36. The Bertz CT molecular complexity index is 882. The van der Waals surface area contributed by atoms with Crippen molar-refractivity contribution in [3.63, 3.8) is 0 Å². The van der Waals surface area contributed by atoms with Gasteiger partial charge in [0.1, 0.15) is 0 Å². The van der Waals surface area contributed by atoms with Crippen molar-refractivity contribution in [2.75, 3.05) is 5.32 Å². The molecule has 1 fully saturated rings. The third-order valence-electron chi connectivity index (χ3n) is 5.04. The smallest absolute Gasteiger partial charge is 0.231 e. The van der Waals surface area contributed by atoms with Crippen LogP contribution in [0.1, 0.15) is 50.0 Å². The third kappa shape index (κ3) is 4.63. The van der Waals surface area contributed by atoms with Crippen LogP contribution in [0.15, 0.2) is 46.3 Å². The fraction of sp³-hybridized carbons (Fsp3) is 0.381. The molecule has 3 aromatic rings. The molecule has 1 N–H and O–H groups in total. The normalized spacial score (nSPS) is 15.0. The molecule has 0 atom stereocenters. The van der Waals surface area contributed by atoms with Gasteiger partial charge in [0.2, 0.25) is 17.6 Å². The van der Waals surface area contributed by atoms with Gasteiger partial charge in [-0.1, -0.05) is 48.7 Å². The van der Waals surface area contributed by atoms with Crippen molar-refractivity contribution in [2.24, 2.45) is 5.92 Å². The number of carbonyl (C=O) groups is 1. The summed E-state index contributed by atoms with van der Waals surface area (Å²) in [6.45, 7) is 0. The second-order valence-corrected chi connectivity index (χ2v) is 8.03. The molecule has 0 unspecified atom stereocenters. The molecule has 0 radical (unpaired) electrons. The second-order valence-electron chi connectivity index (χ2n) is 7.08. The van der Waals surface area contributed by atoms with Crippen molar-refractivity contribution >= 4 is 22.9 Å². The minimum Gasteiger partial charge on any atom is -0.339 e. The number of para-hydroxylation sites is 1. The summed E-state index contributed by atoms with van der Waals surface area (Å²) < 4.78 is 5.41. The number of benzene rings is 1. The van der Waals surface area contributed by atoms with E-state index >= 15 is 0 Å². The van der Waals surface area contributed by atoms with Gasteiger partial charge in [-0.2, -0.15) is 4.98 Å². The van der Waals surface area contributed by atoms with Gasteiger partial charge in [0, 0.05) is 12.1 Å². The van der Waals surface area contributed by atoms with Crippen molar-refractivity contribution < 1.29 is 9.32 Å². The standard InChI is InChI=1S/C21H23N3O2S/c25-19(13-15-7-2-1-3-8-15)22-17-10-5-4-9-16(17)14-20-23-21(24-26-20)18-11-6-12-27-18/h4-6,9-12,15H,1-3,7-8,13-14H2,(H,22,25). The van der Waals surface area contributed by atoms with Gasteiger partial charge >= 0.3 is 0 Å². The summed E-state index contributed by atoms with van der Waals surface area (Å²) in [4.78, 5) is 18.0. The molecule has 0 aliphatic heterocycles. The molecular formula is C21H23N3O2S. The van der Waals surface area contributed by atoms with E-state index in [2.05, 4.69) is 15.5 Å². The molecule has 6 heteroatoms. The van der Waals surface area contributed by atoms with E-state index < -0.39 is 0 Å². The van der Waals surface area contributed by atoms with Gasteiger partial charge in [-0.25, -0.2) is 0 Å². The van der Waals surface area contributed by atoms with Crippen LogP contribution in [-0.4, -0.2) is 16.0 Å². The highest BCUT2D eigenvalue weighted by atomic mass is 32.1. The van der Waals surface area contributed by atoms with Gasteiger partial charge in [0.05, 0.1) is 11.3 Å². The molecule has 0 bridgehead atoms. The van der Waals surface area contributed by atoms with Crippen molar-refractivity contribution in [2.45, 2.75) is 44.9 Å². The molecule has 27 heavy (non-hydrogen) atoms. The molecule has 5 nitrogen and oxygen atoms in total. The fourth-order valence-corrected chi connectivity index (χ4v) is 4.30. The SMILES string of the molecule is O=C(CC1CCCCC1)Nc1ccccc1Cc1nc(-c2cccs2)no1. The molecular weight excluding hydrogens is 358 g/mol. The lowest BCUT2D eigenvalue weighted by Gasteiger charge is -2.21. The summed E-state index contributed by atoms with van der Waals surface area (Å²) in [5.74, 6) is 1.78. The van der Waals surface area contributed by atoms with E-state index in [9.17, 15) is 4.79 Å². The maximum absolute atomic E-state index is 12.5. The number of rotatable bonds is 6. The molecule has 0 saturated heterocycles. The molecule has 1 saturated carbocycles. The summed E-state index contributed by atoms with van der Waals surface area (Å²) in [5, 5.41) is 9.13. The Labute approximate surface area is 162 Å². The van der Waals surface area contributed by atoms with Gasteiger partial charge < -0.3 is 9.84 Å². The number of hydrogen-bond donors (Lipinski definition) is 1. The highest BCUT2D eigenvalue weighted by Crippen LogP contribution is 2.27. The Hall–Kier alpha value is -2.47. The van der Waals surface area contributed by atoms with Crippen LogP contribution in [0.25, 0.3) is 10.7 Å². The molecule has 140 valence electrons. The molecule has 4 rings (SSSR count). The molecule has 2 heterocycles. The first kappa shape index (κ1) is 17.9. The third-order valence-corrected chi connectivity index (χ3v) is 5.91. The number of aromatic nitrogens is 2. The zero-order valence-corrected chi connectivity index (χ0v) is 16.0. The number of amides is 1. The first-order chi connectivity index (χ1) is 13.3. The van der Waals surface area contributed by atoms with E-state index in [1.807, 2.05) is 41.8 Å². The molecule has 0 spiro atoms. The number of carbonyl (C=O) groups excluding carboxylic acids is 1. The minimum absolute atomic E-state index is 0.0964. The summed E-state index contributed by atoms with van der Waals surface area (Å²) >= 11 is 1.58. The van der Waals surface area contributed by atoms with E-state index in [-0.39, 0.29) is 5.91 Å². The Morgan fingerprint density at radius 2 is 2.00 bits per heavy atom. The van der Waals surface area contributed by atoms with Crippen molar-refractivity contribution in [1.29, 1.82) is 0 Å². The Kier molecular flexibility index (Phi) is 5.63. The molecule has 1 amide bonds. The lowest BCUT2D eigenvalue weighted by Crippen LogP contribution is -2.19. The van der Waals surface area contributed by atoms with Crippen molar-refractivity contribution in [3.05, 3.63) is 53.2 Å². The Morgan fingerprint density at radius 1 is 1.15 bits per heavy atom. The van der Waals surface area contributed by atoms with Crippen LogP contribution in [0.2, 0.25) is 0 Å². The van der Waals surface area contributed by atoms with E-state index in [1.54, 1.807) is 11.3 Å². The van der Waals surface area contributed by atoms with Crippen LogP contribution in [0.4, 0.5) is 5.69 Å². The maximum atomic E-state index is 12.5. The van der Waals surface area contributed by atoms with Crippen LogP contribution in [0, 0.1) is 5.92 Å². The molecule has 1 aromatic carbocycles. The molecule has 1 aliphatic rings. The Balaban J connectivity index is 1.42. The number of thiophene rings is 1. The summed E-state index contributed by atoms with van der Waals surface area (Å²) in [6.07, 6.45) is 7.25. The monoisotopic (exact) mass is 381 g/mol. The molecule has 1 aliphatic carbocycles. The first-order valence-electron chi connectivity index (χ1n) is 9.52. The van der Waals surface area contributed by atoms with E-state index in [0.717, 1.165) is 16.1 Å². The lowest BCUT2D eigenvalue weighted by atomic mass is 9.87. The number of anilines is 1. The average molecular weight is 382 g/mol. The highest BCUT2D eigenvalue weighted by Gasteiger charge is 2.18. The van der Waals surface area contributed by atoms with Crippen molar-refractivity contribution in [3.8, 4) is 10.7 Å². The van der Waals surface area contributed by atoms with Crippen molar-refractivity contribution in [1.82, 2.24) is 10.1 Å². The minimum atomic E-state index is 0.0964. The van der Waals surface area contributed by atoms with Gasteiger partial charge in [0.25, 0.3) is 0 Å². The zero-order valence-electron chi connectivity index (χ0n) is 15.2. The van der Waals surface area contributed by atoms with Gasteiger partial charge in [-0.3, -0.25) is 4.79 Å². The van der Waals surface area contributed by atoms with E-state index in [1.165, 1.54) is 32.1 Å². The number of hydrogen-bond acceptors (Lipinski definition) is 5. The fourth-order valence-electron chi connectivity index (χ4n) is 3.65. The van der Waals surface area contributed by atoms with E-state index in [0.29, 0.717) is 30.5 Å². The van der Waals surface area contributed by atoms with Crippen LogP contribution in [-0.2, 0) is 11.2 Å². The quantitative estimate of drug-likeness (QED) is 0.629. The first-order valence-corrected chi connectivity index (χ1v) is 10.4. The van der Waals surface area contributed by atoms with Gasteiger partial charge in [-0.15, -0.1) is 11.3 Å². The maximum Gasteiger partial charge on any atom is 0.231 e. The zero-order chi connectivity index (χ0) is 18.5. The van der Waals surface area contributed by atoms with E-state index in [4.69, 9.17) is 4.52 Å². The van der Waals surface area contributed by atoms with Crippen LogP contribution < -0.4 is 5.32 Å². The summed E-state index contributed by atoms with van der Waals surface area (Å²) in [5.41, 5.74) is 1.81. The second kappa shape index (κ2) is 8.48. The summed E-state index contributed by atoms with van der Waals surface area (Å²) in [7, 11) is 0. The van der Waals surface area contributed by atoms with Crippen LogP contribution >= 0.6 is 11.3 Å². The van der Waals surface area contributed by atoms with Crippen LogP contribution in [0.5, 0.6) is 0 Å². The number of nitrogens with zero attached hydrogens (tertiary/aromatic N) is 2. The Morgan fingerprint density at radius 3 is 2.81 bits per heavy atom. The predicted molar refractivity (Wildman–Crippen MR) is 107 cm³/mol. The predicted octanol–water partition coefficient (Wildman–Crippen LogP) is 5.30.